The molecule has 0 radical (unpaired) electrons. The highest BCUT2D eigenvalue weighted by Gasteiger charge is 2.15. The van der Waals surface area contributed by atoms with E-state index in [4.69, 9.17) is 0 Å². The molecule has 1 N–H and O–H groups in total. The summed E-state index contributed by atoms with van der Waals surface area (Å²) >= 11 is 1.86. The van der Waals surface area contributed by atoms with Gasteiger partial charge < -0.3 is 5.11 Å². The molecule has 1 nitrogen and oxygen atoms in total. The van der Waals surface area contributed by atoms with E-state index in [-0.39, 0.29) is 0 Å². The molecule has 0 aliphatic rings. The maximum absolute atomic E-state index is 9.88. The van der Waals surface area contributed by atoms with Crippen LogP contribution in [0.1, 0.15) is 16.0 Å². The third-order valence-electron chi connectivity index (χ3n) is 4.66. The quantitative estimate of drug-likeness (QED) is 0.433. The zero-order chi connectivity index (χ0) is 16.1. The van der Waals surface area contributed by atoms with Crippen molar-refractivity contribution in [1.82, 2.24) is 0 Å². The lowest BCUT2D eigenvalue weighted by atomic mass is 9.92. The average Bonchev–Trinajstić information content (AvgIpc) is 2.82. The number of thiophene rings is 1. The summed E-state index contributed by atoms with van der Waals surface area (Å²) in [4.78, 5) is 1.37. The smallest absolute Gasteiger partial charge is 0.118 e. The van der Waals surface area contributed by atoms with E-state index < -0.39 is 0 Å². The first-order valence-electron chi connectivity index (χ1n) is 7.77. The molecule has 0 spiro atoms. The van der Waals surface area contributed by atoms with Crippen LogP contribution in [0.4, 0.5) is 0 Å². The second kappa shape index (κ2) is 5.10. The highest BCUT2D eigenvalue weighted by Crippen LogP contribution is 2.43. The van der Waals surface area contributed by atoms with Gasteiger partial charge >= 0.3 is 0 Å². The SMILES string of the molecule is Cc1cc(-c2c3ccccc3cc3sc(C)c(C)c23)ccc1O. The van der Waals surface area contributed by atoms with Crippen molar-refractivity contribution in [3.63, 3.8) is 0 Å². The Morgan fingerprint density at radius 3 is 2.48 bits per heavy atom. The topological polar surface area (TPSA) is 20.2 Å². The maximum atomic E-state index is 9.88. The van der Waals surface area contributed by atoms with Gasteiger partial charge in [0.15, 0.2) is 0 Å². The van der Waals surface area contributed by atoms with Gasteiger partial charge in [-0.1, -0.05) is 30.3 Å². The summed E-state index contributed by atoms with van der Waals surface area (Å²) < 4.78 is 1.33. The molecule has 1 heterocycles. The first-order valence-corrected chi connectivity index (χ1v) is 8.59. The molecule has 0 unspecified atom stereocenters. The molecule has 0 saturated carbocycles. The Hall–Kier alpha value is -2.32. The Morgan fingerprint density at radius 2 is 1.70 bits per heavy atom. The summed E-state index contributed by atoms with van der Waals surface area (Å²) in [7, 11) is 0. The van der Waals surface area contributed by atoms with Gasteiger partial charge in [0, 0.05) is 15.0 Å². The second-order valence-corrected chi connectivity index (χ2v) is 7.39. The van der Waals surface area contributed by atoms with Crippen LogP contribution in [0.3, 0.4) is 0 Å². The van der Waals surface area contributed by atoms with Gasteiger partial charge in [-0.05, 0) is 72.0 Å². The van der Waals surface area contributed by atoms with Crippen molar-refractivity contribution in [1.29, 1.82) is 0 Å². The molecular weight excluding hydrogens is 300 g/mol. The first kappa shape index (κ1) is 14.3. The van der Waals surface area contributed by atoms with Crippen LogP contribution in [0.15, 0.2) is 48.5 Å². The van der Waals surface area contributed by atoms with Crippen molar-refractivity contribution in [2.45, 2.75) is 20.8 Å². The van der Waals surface area contributed by atoms with E-state index in [2.05, 4.69) is 50.2 Å². The number of phenolic OH excluding ortho intramolecular Hbond substituents is 1. The van der Waals surface area contributed by atoms with E-state index in [9.17, 15) is 5.11 Å². The van der Waals surface area contributed by atoms with Crippen LogP contribution in [0.2, 0.25) is 0 Å². The van der Waals surface area contributed by atoms with Crippen molar-refractivity contribution in [3.8, 4) is 16.9 Å². The first-order chi connectivity index (χ1) is 11.1. The van der Waals surface area contributed by atoms with E-state index in [0.29, 0.717) is 5.75 Å². The Labute approximate surface area is 139 Å². The summed E-state index contributed by atoms with van der Waals surface area (Å²) in [6.45, 7) is 6.35. The van der Waals surface area contributed by atoms with Crippen LogP contribution in [-0.2, 0) is 0 Å². The molecule has 0 aliphatic carbocycles. The van der Waals surface area contributed by atoms with E-state index in [1.807, 2.05) is 24.3 Å². The van der Waals surface area contributed by atoms with Crippen molar-refractivity contribution in [2.24, 2.45) is 0 Å². The Morgan fingerprint density at radius 1 is 0.913 bits per heavy atom. The van der Waals surface area contributed by atoms with Crippen molar-refractivity contribution in [2.75, 3.05) is 0 Å². The molecule has 2 heteroatoms. The number of aromatic hydroxyl groups is 1. The fourth-order valence-corrected chi connectivity index (χ4v) is 4.43. The average molecular weight is 318 g/mol. The fourth-order valence-electron chi connectivity index (χ4n) is 3.30. The van der Waals surface area contributed by atoms with Gasteiger partial charge in [0.25, 0.3) is 0 Å². The lowest BCUT2D eigenvalue weighted by Crippen LogP contribution is -1.86. The predicted octanol–water partition coefficient (Wildman–Crippen LogP) is 6.35. The van der Waals surface area contributed by atoms with Crippen molar-refractivity contribution in [3.05, 3.63) is 64.5 Å². The molecule has 114 valence electrons. The summed E-state index contributed by atoms with van der Waals surface area (Å²) in [6.07, 6.45) is 0. The number of aryl methyl sites for hydroxylation is 3. The van der Waals surface area contributed by atoms with Gasteiger partial charge in [-0.15, -0.1) is 11.3 Å². The largest absolute Gasteiger partial charge is 0.508 e. The van der Waals surface area contributed by atoms with Crippen molar-refractivity contribution < 1.29 is 5.11 Å². The van der Waals surface area contributed by atoms with Gasteiger partial charge in [-0.2, -0.15) is 0 Å². The number of hydrogen-bond donors (Lipinski definition) is 1. The maximum Gasteiger partial charge on any atom is 0.118 e. The lowest BCUT2D eigenvalue weighted by Gasteiger charge is -2.12. The number of hydrogen-bond acceptors (Lipinski definition) is 2. The standard InChI is InChI=1S/C21H18OS/c1-12-10-16(8-9-18(12)22)21-17-7-5-4-6-15(17)11-19-20(21)13(2)14(3)23-19/h4-11,22H,1-3H3. The summed E-state index contributed by atoms with van der Waals surface area (Å²) in [5.74, 6) is 0.350. The number of phenols is 1. The monoisotopic (exact) mass is 318 g/mol. The molecule has 23 heavy (non-hydrogen) atoms. The van der Waals surface area contributed by atoms with Gasteiger partial charge in [-0.25, -0.2) is 0 Å². The highest BCUT2D eigenvalue weighted by molar-refractivity contribution is 7.19. The summed E-state index contributed by atoms with van der Waals surface area (Å²) in [5.41, 5.74) is 4.72. The van der Waals surface area contributed by atoms with Crippen LogP contribution in [0, 0.1) is 20.8 Å². The molecule has 0 aliphatic heterocycles. The predicted molar refractivity (Wildman–Crippen MR) is 101 cm³/mol. The molecular formula is C21H18OS. The molecule has 1 aromatic heterocycles. The third kappa shape index (κ3) is 2.13. The molecule has 0 saturated heterocycles. The minimum absolute atomic E-state index is 0.350. The Balaban J connectivity index is 2.22. The van der Waals surface area contributed by atoms with Gasteiger partial charge in [-0.3, -0.25) is 0 Å². The van der Waals surface area contributed by atoms with Gasteiger partial charge in [0.2, 0.25) is 0 Å². The van der Waals surface area contributed by atoms with Crippen LogP contribution in [0.5, 0.6) is 5.75 Å². The molecule has 0 bridgehead atoms. The number of fused-ring (bicyclic) bond motifs is 2. The number of rotatable bonds is 1. The molecule has 0 atom stereocenters. The Bertz CT molecular complexity index is 1060. The lowest BCUT2D eigenvalue weighted by molar-refractivity contribution is 0.471. The zero-order valence-corrected chi connectivity index (χ0v) is 14.3. The molecule has 0 amide bonds. The van der Waals surface area contributed by atoms with Gasteiger partial charge in [0.05, 0.1) is 0 Å². The molecule has 4 aromatic rings. The summed E-state index contributed by atoms with van der Waals surface area (Å²) in [5, 5.41) is 13.8. The fraction of sp³-hybridized carbons (Fsp3) is 0.143. The van der Waals surface area contributed by atoms with Crippen LogP contribution < -0.4 is 0 Å². The van der Waals surface area contributed by atoms with Crippen LogP contribution in [-0.4, -0.2) is 5.11 Å². The highest BCUT2D eigenvalue weighted by atomic mass is 32.1. The normalized spacial score (nSPS) is 11.4. The molecule has 0 fully saturated rings. The van der Waals surface area contributed by atoms with E-state index in [0.717, 1.165) is 5.56 Å². The van der Waals surface area contributed by atoms with E-state index in [1.54, 1.807) is 6.07 Å². The molecule has 4 rings (SSSR count). The van der Waals surface area contributed by atoms with Gasteiger partial charge in [0.1, 0.15) is 5.75 Å². The zero-order valence-electron chi connectivity index (χ0n) is 13.5. The van der Waals surface area contributed by atoms with E-state index in [1.165, 1.54) is 42.4 Å². The number of benzene rings is 3. The minimum Gasteiger partial charge on any atom is -0.508 e. The van der Waals surface area contributed by atoms with Crippen LogP contribution in [0.25, 0.3) is 32.0 Å². The Kier molecular flexibility index (Phi) is 3.17. The second-order valence-electron chi connectivity index (χ2n) is 6.13. The van der Waals surface area contributed by atoms with E-state index >= 15 is 0 Å². The minimum atomic E-state index is 0.350. The third-order valence-corrected chi connectivity index (χ3v) is 5.82. The van der Waals surface area contributed by atoms with Crippen LogP contribution >= 0.6 is 11.3 Å². The summed E-state index contributed by atoms with van der Waals surface area (Å²) in [6, 6.07) is 16.8. The molecule has 3 aromatic carbocycles. The van der Waals surface area contributed by atoms with Crippen molar-refractivity contribution >= 4 is 32.2 Å².